The van der Waals surface area contributed by atoms with E-state index in [1.165, 1.54) is 29.8 Å². The SMILES string of the molecule is CC(C)OC(=O)C1=C(c2cccc([N+](=O)[O-])c2)n2c(nn(C)c2=O)NC1C. The highest BCUT2D eigenvalue weighted by Crippen LogP contribution is 2.32. The van der Waals surface area contributed by atoms with E-state index in [2.05, 4.69) is 10.4 Å². The molecule has 0 bridgehead atoms. The lowest BCUT2D eigenvalue weighted by molar-refractivity contribution is -0.384. The monoisotopic (exact) mass is 373 g/mol. The average molecular weight is 373 g/mol. The van der Waals surface area contributed by atoms with Crippen LogP contribution in [0.3, 0.4) is 0 Å². The number of benzene rings is 1. The number of nitrogens with zero attached hydrogens (tertiary/aromatic N) is 4. The Hall–Kier alpha value is -3.43. The number of esters is 1. The maximum atomic E-state index is 12.8. The van der Waals surface area contributed by atoms with E-state index in [-0.39, 0.29) is 29.0 Å². The number of hydrogen-bond donors (Lipinski definition) is 1. The van der Waals surface area contributed by atoms with Crippen molar-refractivity contribution in [3.05, 3.63) is 56.0 Å². The van der Waals surface area contributed by atoms with Gasteiger partial charge in [0, 0.05) is 24.7 Å². The highest BCUT2D eigenvalue weighted by molar-refractivity contribution is 6.01. The van der Waals surface area contributed by atoms with E-state index < -0.39 is 22.6 Å². The lowest BCUT2D eigenvalue weighted by Crippen LogP contribution is -2.36. The van der Waals surface area contributed by atoms with E-state index in [0.717, 1.165) is 4.68 Å². The van der Waals surface area contributed by atoms with Gasteiger partial charge in [0.15, 0.2) is 0 Å². The quantitative estimate of drug-likeness (QED) is 0.490. The second-order valence-corrected chi connectivity index (χ2v) is 6.46. The number of rotatable bonds is 4. The number of carbonyl (C=O) groups excluding carboxylic acids is 1. The molecule has 2 aromatic rings. The summed E-state index contributed by atoms with van der Waals surface area (Å²) in [6.07, 6.45) is -0.365. The van der Waals surface area contributed by atoms with Crippen molar-refractivity contribution in [1.29, 1.82) is 0 Å². The van der Waals surface area contributed by atoms with Crippen molar-refractivity contribution in [2.45, 2.75) is 32.9 Å². The number of hydrogen-bond acceptors (Lipinski definition) is 7. The molecule has 142 valence electrons. The van der Waals surface area contributed by atoms with Gasteiger partial charge in [0.25, 0.3) is 5.69 Å². The molecule has 10 heteroatoms. The van der Waals surface area contributed by atoms with Crippen LogP contribution in [0, 0.1) is 10.1 Å². The van der Waals surface area contributed by atoms with Crippen molar-refractivity contribution in [3.8, 4) is 0 Å². The van der Waals surface area contributed by atoms with Gasteiger partial charge in [-0.25, -0.2) is 18.8 Å². The molecule has 1 aromatic carbocycles. The van der Waals surface area contributed by atoms with Gasteiger partial charge in [-0.15, -0.1) is 5.10 Å². The molecule has 0 saturated heterocycles. The molecule has 1 atom stereocenters. The van der Waals surface area contributed by atoms with Crippen LogP contribution in [0.25, 0.3) is 5.70 Å². The number of carbonyl (C=O) groups is 1. The first-order valence-corrected chi connectivity index (χ1v) is 8.33. The topological polar surface area (TPSA) is 121 Å². The summed E-state index contributed by atoms with van der Waals surface area (Å²) in [6, 6.07) is 5.25. The second kappa shape index (κ2) is 6.71. The Labute approximate surface area is 154 Å². The Bertz CT molecular complexity index is 1020. The Morgan fingerprint density at radius 2 is 2.11 bits per heavy atom. The first-order valence-electron chi connectivity index (χ1n) is 8.33. The molecular weight excluding hydrogens is 354 g/mol. The zero-order valence-electron chi connectivity index (χ0n) is 15.3. The van der Waals surface area contributed by atoms with Gasteiger partial charge in [-0.1, -0.05) is 12.1 Å². The van der Waals surface area contributed by atoms with Crippen molar-refractivity contribution < 1.29 is 14.5 Å². The highest BCUT2D eigenvalue weighted by Gasteiger charge is 2.34. The molecule has 0 fully saturated rings. The first kappa shape index (κ1) is 18.4. The number of ether oxygens (including phenoxy) is 1. The predicted molar refractivity (Wildman–Crippen MR) is 97.2 cm³/mol. The summed E-state index contributed by atoms with van der Waals surface area (Å²) >= 11 is 0. The van der Waals surface area contributed by atoms with Crippen molar-refractivity contribution in [3.63, 3.8) is 0 Å². The first-order chi connectivity index (χ1) is 12.7. The summed E-state index contributed by atoms with van der Waals surface area (Å²) in [5.41, 5.74) is 0.141. The van der Waals surface area contributed by atoms with Gasteiger partial charge >= 0.3 is 11.7 Å². The smallest absolute Gasteiger partial charge is 0.351 e. The van der Waals surface area contributed by atoms with E-state index in [0.29, 0.717) is 5.56 Å². The van der Waals surface area contributed by atoms with Gasteiger partial charge in [0.1, 0.15) is 0 Å². The Morgan fingerprint density at radius 3 is 2.74 bits per heavy atom. The number of non-ortho nitro benzene ring substituents is 1. The molecule has 3 rings (SSSR count). The van der Waals surface area contributed by atoms with Crippen LogP contribution in [0.5, 0.6) is 0 Å². The summed E-state index contributed by atoms with van der Waals surface area (Å²) < 4.78 is 7.70. The normalized spacial score (nSPS) is 16.1. The maximum absolute atomic E-state index is 12.8. The standard InChI is InChI=1S/C17H19N5O5/c1-9(2)27-15(23)13-10(3)18-16-19-20(4)17(24)21(16)14(13)11-6-5-7-12(8-11)22(25)26/h5-10H,1-4H3,(H,18,19). The minimum Gasteiger partial charge on any atom is -0.459 e. The van der Waals surface area contributed by atoms with E-state index in [1.807, 2.05) is 0 Å². The molecule has 1 aromatic heterocycles. The van der Waals surface area contributed by atoms with Crippen LogP contribution in [0.15, 0.2) is 34.6 Å². The third-order valence-electron chi connectivity index (χ3n) is 4.08. The lowest BCUT2D eigenvalue weighted by atomic mass is 9.98. The van der Waals surface area contributed by atoms with Crippen LogP contribution in [0.1, 0.15) is 26.3 Å². The number of aryl methyl sites for hydroxylation is 1. The number of nitro groups is 1. The Kier molecular flexibility index (Phi) is 4.56. The third-order valence-corrected chi connectivity index (χ3v) is 4.08. The molecule has 0 spiro atoms. The summed E-state index contributed by atoms with van der Waals surface area (Å²) in [6.45, 7) is 5.17. The van der Waals surface area contributed by atoms with Crippen molar-refractivity contribution in [1.82, 2.24) is 14.3 Å². The fraction of sp³-hybridized carbons (Fsp3) is 0.353. The zero-order chi connectivity index (χ0) is 19.9. The minimum absolute atomic E-state index is 0.152. The van der Waals surface area contributed by atoms with Gasteiger partial charge in [-0.3, -0.25) is 10.1 Å². The summed E-state index contributed by atoms with van der Waals surface area (Å²) in [7, 11) is 1.48. The van der Waals surface area contributed by atoms with Gasteiger partial charge in [0.2, 0.25) is 5.95 Å². The molecule has 0 saturated carbocycles. The molecule has 27 heavy (non-hydrogen) atoms. The third kappa shape index (κ3) is 3.21. The van der Waals surface area contributed by atoms with Crippen LogP contribution in [0.2, 0.25) is 0 Å². The fourth-order valence-corrected chi connectivity index (χ4v) is 2.95. The average Bonchev–Trinajstić information content (AvgIpc) is 2.86. The molecule has 1 unspecified atom stereocenters. The number of aromatic nitrogens is 3. The maximum Gasteiger partial charge on any atom is 0.351 e. The van der Waals surface area contributed by atoms with E-state index in [9.17, 15) is 19.7 Å². The van der Waals surface area contributed by atoms with Crippen LogP contribution < -0.4 is 11.0 Å². The van der Waals surface area contributed by atoms with Crippen LogP contribution in [0.4, 0.5) is 11.6 Å². The second-order valence-electron chi connectivity index (χ2n) is 6.46. The van der Waals surface area contributed by atoms with E-state index in [1.54, 1.807) is 26.8 Å². The number of fused-ring (bicyclic) bond motifs is 1. The molecular formula is C17H19N5O5. The van der Waals surface area contributed by atoms with Crippen LogP contribution in [-0.4, -0.2) is 37.4 Å². The van der Waals surface area contributed by atoms with Gasteiger partial charge in [-0.05, 0) is 20.8 Å². The van der Waals surface area contributed by atoms with Crippen molar-refractivity contribution in [2.75, 3.05) is 5.32 Å². The molecule has 1 aliphatic heterocycles. The molecule has 0 amide bonds. The van der Waals surface area contributed by atoms with Crippen LogP contribution in [-0.2, 0) is 16.6 Å². The van der Waals surface area contributed by atoms with Crippen molar-refractivity contribution >= 4 is 23.3 Å². The molecule has 0 radical (unpaired) electrons. The number of nitro benzene ring substituents is 1. The molecule has 2 heterocycles. The van der Waals surface area contributed by atoms with E-state index >= 15 is 0 Å². The largest absolute Gasteiger partial charge is 0.459 e. The molecule has 1 aliphatic rings. The fourth-order valence-electron chi connectivity index (χ4n) is 2.95. The molecule has 0 aliphatic carbocycles. The highest BCUT2D eigenvalue weighted by atomic mass is 16.6. The number of anilines is 1. The lowest BCUT2D eigenvalue weighted by Gasteiger charge is -2.27. The minimum atomic E-state index is -0.604. The Balaban J connectivity index is 2.33. The molecule has 1 N–H and O–H groups in total. The number of nitrogens with one attached hydrogen (secondary N) is 1. The van der Waals surface area contributed by atoms with Gasteiger partial charge in [-0.2, -0.15) is 0 Å². The molecule has 10 nitrogen and oxygen atoms in total. The van der Waals surface area contributed by atoms with Gasteiger partial charge < -0.3 is 10.1 Å². The summed E-state index contributed by atoms with van der Waals surface area (Å²) in [5, 5.41) is 18.3. The Morgan fingerprint density at radius 1 is 1.41 bits per heavy atom. The summed E-state index contributed by atoms with van der Waals surface area (Å²) in [4.78, 5) is 36.0. The van der Waals surface area contributed by atoms with E-state index in [4.69, 9.17) is 4.74 Å². The predicted octanol–water partition coefficient (Wildman–Crippen LogP) is 1.51. The summed E-state index contributed by atoms with van der Waals surface area (Å²) in [5.74, 6) is -0.356. The zero-order valence-corrected chi connectivity index (χ0v) is 15.3. The van der Waals surface area contributed by atoms with Gasteiger partial charge in [0.05, 0.1) is 28.3 Å². The van der Waals surface area contributed by atoms with Crippen LogP contribution >= 0.6 is 0 Å². The van der Waals surface area contributed by atoms with Crippen molar-refractivity contribution in [2.24, 2.45) is 7.05 Å².